The van der Waals surface area contributed by atoms with E-state index in [-0.39, 0.29) is 30.4 Å². The molecule has 6 heteroatoms. The number of para-hydroxylation sites is 1. The van der Waals surface area contributed by atoms with Gasteiger partial charge in [-0.3, -0.25) is 9.59 Å². The van der Waals surface area contributed by atoms with Crippen molar-refractivity contribution in [1.29, 1.82) is 0 Å². The zero-order valence-electron chi connectivity index (χ0n) is 14.2. The molecule has 3 N–H and O–H groups in total. The lowest BCUT2D eigenvalue weighted by Crippen LogP contribution is -2.21. The molecule has 0 unspecified atom stereocenters. The van der Waals surface area contributed by atoms with E-state index < -0.39 is 0 Å². The number of carbonyl (C=O) groups is 2. The first kappa shape index (κ1) is 18.2. The average Bonchev–Trinajstić information content (AvgIpc) is 2.59. The Morgan fingerprint density at radius 1 is 1.04 bits per heavy atom. The van der Waals surface area contributed by atoms with Gasteiger partial charge < -0.3 is 10.4 Å². The fourth-order valence-electron chi connectivity index (χ4n) is 2.15. The lowest BCUT2D eigenvalue weighted by Gasteiger charge is -2.10. The highest BCUT2D eigenvalue weighted by Crippen LogP contribution is 2.18. The van der Waals surface area contributed by atoms with Crippen molar-refractivity contribution < 1.29 is 14.7 Å². The summed E-state index contributed by atoms with van der Waals surface area (Å²) in [4.78, 5) is 23.7. The van der Waals surface area contributed by atoms with E-state index in [2.05, 4.69) is 15.8 Å². The lowest BCUT2D eigenvalue weighted by atomic mass is 10.1. The van der Waals surface area contributed by atoms with Crippen molar-refractivity contribution in [2.45, 2.75) is 26.7 Å². The Morgan fingerprint density at radius 3 is 2.52 bits per heavy atom. The van der Waals surface area contributed by atoms with E-state index in [0.717, 1.165) is 16.8 Å². The van der Waals surface area contributed by atoms with Crippen LogP contribution in [0.25, 0.3) is 0 Å². The Balaban J connectivity index is 1.79. The number of hydrogen-bond donors (Lipinski definition) is 3. The van der Waals surface area contributed by atoms with Gasteiger partial charge >= 0.3 is 0 Å². The summed E-state index contributed by atoms with van der Waals surface area (Å²) in [5, 5.41) is 16.2. The molecule has 6 nitrogen and oxygen atoms in total. The number of rotatable bonds is 6. The van der Waals surface area contributed by atoms with Crippen LogP contribution in [0.3, 0.4) is 0 Å². The molecule has 25 heavy (non-hydrogen) atoms. The van der Waals surface area contributed by atoms with Gasteiger partial charge in [0.05, 0.1) is 6.21 Å². The van der Waals surface area contributed by atoms with Crippen molar-refractivity contribution in [3.8, 4) is 5.75 Å². The van der Waals surface area contributed by atoms with E-state index in [4.69, 9.17) is 0 Å². The number of phenols is 1. The first-order chi connectivity index (χ1) is 12.0. The number of aromatic hydroxyl groups is 1. The molecular formula is C19H21N3O3. The number of hydrogen-bond acceptors (Lipinski definition) is 4. The van der Waals surface area contributed by atoms with Gasteiger partial charge in [0.1, 0.15) is 5.75 Å². The second-order valence-corrected chi connectivity index (χ2v) is 5.65. The molecule has 2 aromatic rings. The van der Waals surface area contributed by atoms with Crippen LogP contribution in [0.1, 0.15) is 29.5 Å². The molecule has 2 rings (SSSR count). The molecule has 0 spiro atoms. The molecule has 0 saturated carbocycles. The van der Waals surface area contributed by atoms with Gasteiger partial charge in [0, 0.05) is 24.1 Å². The zero-order chi connectivity index (χ0) is 18.2. The van der Waals surface area contributed by atoms with E-state index in [1.54, 1.807) is 18.2 Å². The predicted molar refractivity (Wildman–Crippen MR) is 97.6 cm³/mol. The maximum absolute atomic E-state index is 12.0. The Bertz CT molecular complexity index is 800. The predicted octanol–water partition coefficient (Wildman–Crippen LogP) is 2.88. The molecule has 0 aromatic heterocycles. The highest BCUT2D eigenvalue weighted by Gasteiger charge is 2.08. The molecule has 0 saturated heterocycles. The number of nitrogens with one attached hydrogen (secondary N) is 2. The standard InChI is InChI=1S/C19H21N3O3/c1-13-6-5-8-16(14(13)2)21-18(24)10-11-19(25)22-20-12-15-7-3-4-9-17(15)23/h3-9,12,23H,10-11H2,1-2H3,(H,21,24)(H,22,25). The Labute approximate surface area is 146 Å². The van der Waals surface area contributed by atoms with Crippen LogP contribution >= 0.6 is 0 Å². The summed E-state index contributed by atoms with van der Waals surface area (Å²) in [6.45, 7) is 3.91. The molecule has 2 amide bonds. The molecule has 0 aliphatic heterocycles. The first-order valence-electron chi connectivity index (χ1n) is 7.93. The molecule has 0 aliphatic rings. The average molecular weight is 339 g/mol. The molecule has 0 radical (unpaired) electrons. The van der Waals surface area contributed by atoms with Crippen molar-refractivity contribution in [1.82, 2.24) is 5.43 Å². The third kappa shape index (κ3) is 5.46. The number of hydrazone groups is 1. The van der Waals surface area contributed by atoms with Gasteiger partial charge in [-0.05, 0) is 43.2 Å². The largest absolute Gasteiger partial charge is 0.507 e. The van der Waals surface area contributed by atoms with Crippen molar-refractivity contribution in [3.05, 3.63) is 59.2 Å². The summed E-state index contributed by atoms with van der Waals surface area (Å²) >= 11 is 0. The normalized spacial score (nSPS) is 10.6. The summed E-state index contributed by atoms with van der Waals surface area (Å²) < 4.78 is 0. The Morgan fingerprint density at radius 2 is 1.76 bits per heavy atom. The third-order valence-corrected chi connectivity index (χ3v) is 3.79. The number of phenolic OH excluding ortho intramolecular Hbond substituents is 1. The van der Waals surface area contributed by atoms with Crippen molar-refractivity contribution >= 4 is 23.7 Å². The molecule has 2 aromatic carbocycles. The van der Waals surface area contributed by atoms with Gasteiger partial charge in [0.25, 0.3) is 0 Å². The minimum atomic E-state index is -0.372. The van der Waals surface area contributed by atoms with Crippen LogP contribution < -0.4 is 10.7 Å². The summed E-state index contributed by atoms with van der Waals surface area (Å²) in [5.41, 5.74) is 5.68. The maximum Gasteiger partial charge on any atom is 0.240 e. The van der Waals surface area contributed by atoms with Crippen LogP contribution in [0, 0.1) is 13.8 Å². The highest BCUT2D eigenvalue weighted by molar-refractivity contribution is 5.94. The second-order valence-electron chi connectivity index (χ2n) is 5.65. The fraction of sp³-hybridized carbons (Fsp3) is 0.211. The number of carbonyl (C=O) groups excluding carboxylic acids is 2. The monoisotopic (exact) mass is 339 g/mol. The number of amides is 2. The van der Waals surface area contributed by atoms with Gasteiger partial charge in [0.2, 0.25) is 11.8 Å². The number of aryl methyl sites for hydroxylation is 1. The molecule has 0 aliphatic carbocycles. The van der Waals surface area contributed by atoms with Gasteiger partial charge in [-0.1, -0.05) is 24.3 Å². The fourth-order valence-corrected chi connectivity index (χ4v) is 2.15. The van der Waals surface area contributed by atoms with Crippen molar-refractivity contribution in [2.75, 3.05) is 5.32 Å². The lowest BCUT2D eigenvalue weighted by molar-refractivity contribution is -0.124. The number of nitrogens with zero attached hydrogens (tertiary/aromatic N) is 1. The number of benzene rings is 2. The molecule has 0 atom stereocenters. The van der Waals surface area contributed by atoms with E-state index in [0.29, 0.717) is 5.56 Å². The topological polar surface area (TPSA) is 90.8 Å². The quantitative estimate of drug-likeness (QED) is 0.558. The van der Waals surface area contributed by atoms with Crippen LogP contribution in [0.2, 0.25) is 0 Å². The molecule has 130 valence electrons. The van der Waals surface area contributed by atoms with E-state index in [9.17, 15) is 14.7 Å². The Kier molecular flexibility index (Phi) is 6.28. The SMILES string of the molecule is Cc1cccc(NC(=O)CCC(=O)NN=Cc2ccccc2O)c1C. The van der Waals surface area contributed by atoms with Crippen LogP contribution in [-0.2, 0) is 9.59 Å². The van der Waals surface area contributed by atoms with Crippen LogP contribution in [0.5, 0.6) is 5.75 Å². The van der Waals surface area contributed by atoms with Gasteiger partial charge in [-0.15, -0.1) is 0 Å². The number of anilines is 1. The Hall–Kier alpha value is -3.15. The van der Waals surface area contributed by atoms with Crippen LogP contribution in [-0.4, -0.2) is 23.1 Å². The smallest absolute Gasteiger partial charge is 0.240 e. The van der Waals surface area contributed by atoms with Gasteiger partial charge in [-0.25, -0.2) is 5.43 Å². The van der Waals surface area contributed by atoms with E-state index >= 15 is 0 Å². The molecule has 0 fully saturated rings. The molecule has 0 heterocycles. The minimum absolute atomic E-state index is 0.0226. The van der Waals surface area contributed by atoms with Crippen LogP contribution in [0.15, 0.2) is 47.6 Å². The summed E-state index contributed by atoms with van der Waals surface area (Å²) in [6.07, 6.45) is 1.43. The maximum atomic E-state index is 12.0. The van der Waals surface area contributed by atoms with E-state index in [1.807, 2.05) is 32.0 Å². The summed E-state index contributed by atoms with van der Waals surface area (Å²) in [6, 6.07) is 12.3. The third-order valence-electron chi connectivity index (χ3n) is 3.79. The first-order valence-corrected chi connectivity index (χ1v) is 7.93. The molecule has 0 bridgehead atoms. The van der Waals surface area contributed by atoms with Gasteiger partial charge in [0.15, 0.2) is 0 Å². The summed E-state index contributed by atoms with van der Waals surface area (Å²) in [7, 11) is 0. The second kappa shape index (κ2) is 8.63. The van der Waals surface area contributed by atoms with E-state index in [1.165, 1.54) is 12.3 Å². The highest BCUT2D eigenvalue weighted by atomic mass is 16.3. The molecular weight excluding hydrogens is 318 g/mol. The summed E-state index contributed by atoms with van der Waals surface area (Å²) in [5.74, 6) is -0.523. The van der Waals surface area contributed by atoms with Crippen molar-refractivity contribution in [2.24, 2.45) is 5.10 Å². The van der Waals surface area contributed by atoms with Crippen molar-refractivity contribution in [3.63, 3.8) is 0 Å². The van der Waals surface area contributed by atoms with Crippen LogP contribution in [0.4, 0.5) is 5.69 Å². The zero-order valence-corrected chi connectivity index (χ0v) is 14.2. The van der Waals surface area contributed by atoms with Gasteiger partial charge in [-0.2, -0.15) is 5.10 Å². The minimum Gasteiger partial charge on any atom is -0.507 e.